The summed E-state index contributed by atoms with van der Waals surface area (Å²) >= 11 is 0. The van der Waals surface area contributed by atoms with Crippen LogP contribution in [-0.2, 0) is 22.6 Å². The first-order valence-corrected chi connectivity index (χ1v) is 11.3. The summed E-state index contributed by atoms with van der Waals surface area (Å²) in [5, 5.41) is 10.6. The number of fused-ring (bicyclic) bond motifs is 1. The average Bonchev–Trinajstić information content (AvgIpc) is 3.28. The number of carboxylic acid groups (broad SMARTS) is 1. The van der Waals surface area contributed by atoms with Crippen molar-refractivity contribution in [1.82, 2.24) is 9.97 Å². The molecule has 0 bridgehead atoms. The number of nitrogen functional groups attached to an aromatic ring is 1. The number of carbonyl (C=O) groups excluding carboxylic acids is 1. The van der Waals surface area contributed by atoms with Crippen molar-refractivity contribution < 1.29 is 14.7 Å². The fraction of sp³-hybridized carbons (Fsp3) is 0.107. The number of carbonyl (C=O) groups is 2. The number of hydrogen-bond acceptors (Lipinski definition) is 7. The fourth-order valence-electron chi connectivity index (χ4n) is 3.81. The van der Waals surface area contributed by atoms with Crippen molar-refractivity contribution in [2.75, 3.05) is 11.1 Å². The third-order valence-electron chi connectivity index (χ3n) is 5.41. The van der Waals surface area contributed by atoms with E-state index in [1.807, 2.05) is 48.5 Å². The zero-order chi connectivity index (χ0) is 25.5. The molecule has 0 spiro atoms. The molecule has 5 rings (SSSR count). The van der Waals surface area contributed by atoms with E-state index in [2.05, 4.69) is 44.5 Å². The van der Waals surface area contributed by atoms with Crippen LogP contribution in [0.4, 0.5) is 17.5 Å². The van der Waals surface area contributed by atoms with Crippen molar-refractivity contribution in [3.63, 3.8) is 0 Å². The van der Waals surface area contributed by atoms with Crippen LogP contribution in [0.15, 0.2) is 90.1 Å². The zero-order valence-corrected chi connectivity index (χ0v) is 19.7. The van der Waals surface area contributed by atoms with Crippen LogP contribution in [0, 0.1) is 0 Å². The highest BCUT2D eigenvalue weighted by atomic mass is 16.4. The molecule has 0 fully saturated rings. The van der Waals surface area contributed by atoms with Gasteiger partial charge < -0.3 is 16.2 Å². The minimum Gasteiger partial charge on any atom is -0.481 e. The van der Waals surface area contributed by atoms with E-state index in [1.165, 1.54) is 0 Å². The lowest BCUT2D eigenvalue weighted by Crippen LogP contribution is -2.16. The van der Waals surface area contributed by atoms with E-state index < -0.39 is 5.97 Å². The van der Waals surface area contributed by atoms with Crippen LogP contribution in [0.5, 0.6) is 0 Å². The molecule has 0 aliphatic carbocycles. The molecule has 36 heavy (non-hydrogen) atoms. The van der Waals surface area contributed by atoms with Crippen LogP contribution in [0.3, 0.4) is 0 Å². The van der Waals surface area contributed by atoms with Gasteiger partial charge in [-0.25, -0.2) is 4.98 Å². The number of aliphatic imine (C=N–C) groups is 1. The Kier molecular flexibility index (Phi) is 7.45. The molecule has 1 aromatic heterocycles. The van der Waals surface area contributed by atoms with Crippen molar-refractivity contribution in [2.45, 2.75) is 19.9 Å². The number of nitrogens with one attached hydrogen (secondary N) is 1. The average molecular weight is 480 g/mol. The summed E-state index contributed by atoms with van der Waals surface area (Å²) in [6.07, 6.45) is 1.91. The standard InChI is InChI=1S/C26H21N5O.C2H4O2/c27-26-28-13-12-24(31-26)30-21-11-10-20-16-29-25(22(20)15-21)23(32)14-17-6-8-19(9-7-17)18-4-2-1-3-5-18;1-2(3)4/h1-13,15H,14,16H2,(H3,27,28,30,31);1H3,(H,3,4). The van der Waals surface area contributed by atoms with Gasteiger partial charge in [-0.2, -0.15) is 4.98 Å². The number of hydrogen-bond donors (Lipinski definition) is 3. The highest BCUT2D eigenvalue weighted by Gasteiger charge is 2.22. The van der Waals surface area contributed by atoms with Crippen molar-refractivity contribution in [2.24, 2.45) is 4.99 Å². The number of rotatable bonds is 6. The monoisotopic (exact) mass is 479 g/mol. The molecular weight excluding hydrogens is 454 g/mol. The van der Waals surface area contributed by atoms with Crippen molar-refractivity contribution in [3.05, 3.63) is 102 Å². The van der Waals surface area contributed by atoms with Crippen molar-refractivity contribution >= 4 is 34.9 Å². The molecule has 2 heterocycles. The first kappa shape index (κ1) is 24.3. The first-order valence-electron chi connectivity index (χ1n) is 11.3. The number of aliphatic carboxylic acids is 1. The molecule has 1 aliphatic rings. The Hall–Kier alpha value is -4.85. The Morgan fingerprint density at radius 1 is 0.972 bits per heavy atom. The Bertz CT molecular complexity index is 1410. The first-order chi connectivity index (χ1) is 17.4. The van der Waals surface area contributed by atoms with Crippen LogP contribution < -0.4 is 11.1 Å². The molecule has 0 atom stereocenters. The van der Waals surface area contributed by atoms with Gasteiger partial charge in [-0.3, -0.25) is 14.6 Å². The second kappa shape index (κ2) is 11.1. The van der Waals surface area contributed by atoms with Gasteiger partial charge in [-0.05, 0) is 40.5 Å². The quantitative estimate of drug-likeness (QED) is 0.366. The Labute approximate surface area is 208 Å². The van der Waals surface area contributed by atoms with Crippen molar-refractivity contribution in [3.8, 4) is 11.1 Å². The lowest BCUT2D eigenvalue weighted by molar-refractivity contribution is -0.134. The van der Waals surface area contributed by atoms with Crippen LogP contribution in [0.1, 0.15) is 23.6 Å². The van der Waals surface area contributed by atoms with Crippen LogP contribution in [0.2, 0.25) is 0 Å². The Morgan fingerprint density at radius 2 is 1.67 bits per heavy atom. The van der Waals surface area contributed by atoms with Gasteiger partial charge in [0, 0.05) is 30.8 Å². The summed E-state index contributed by atoms with van der Waals surface area (Å²) in [6.45, 7) is 1.60. The van der Waals surface area contributed by atoms with Gasteiger partial charge in [0.15, 0.2) is 5.78 Å². The number of nitrogens with zero attached hydrogens (tertiary/aromatic N) is 3. The number of ketones is 1. The van der Waals surface area contributed by atoms with Gasteiger partial charge in [0.05, 0.1) is 6.54 Å². The summed E-state index contributed by atoms with van der Waals surface area (Å²) in [4.78, 5) is 34.6. The normalized spacial score (nSPS) is 11.5. The van der Waals surface area contributed by atoms with E-state index >= 15 is 0 Å². The summed E-state index contributed by atoms with van der Waals surface area (Å²) in [5.41, 5.74) is 12.2. The minimum atomic E-state index is -0.833. The molecule has 8 nitrogen and oxygen atoms in total. The number of aromatic nitrogens is 2. The summed E-state index contributed by atoms with van der Waals surface area (Å²) in [7, 11) is 0. The van der Waals surface area contributed by atoms with E-state index in [-0.39, 0.29) is 11.7 Å². The minimum absolute atomic E-state index is 0.0136. The second-order valence-corrected chi connectivity index (χ2v) is 8.14. The molecule has 4 aromatic rings. The van der Waals surface area contributed by atoms with Crippen LogP contribution in [-0.4, -0.2) is 32.5 Å². The number of anilines is 3. The largest absolute Gasteiger partial charge is 0.481 e. The molecule has 4 N–H and O–H groups in total. The van der Waals surface area contributed by atoms with Crippen LogP contribution in [0.25, 0.3) is 11.1 Å². The molecule has 0 unspecified atom stereocenters. The molecule has 0 saturated carbocycles. The molecule has 1 aliphatic heterocycles. The van der Waals surface area contributed by atoms with Gasteiger partial charge in [-0.15, -0.1) is 0 Å². The van der Waals surface area contributed by atoms with E-state index in [0.29, 0.717) is 24.5 Å². The summed E-state index contributed by atoms with van der Waals surface area (Å²) < 4.78 is 0. The predicted molar refractivity (Wildman–Crippen MR) is 140 cm³/mol. The second-order valence-electron chi connectivity index (χ2n) is 8.14. The molecule has 0 amide bonds. The summed E-state index contributed by atoms with van der Waals surface area (Å²) in [5.74, 6) is -0.0229. The van der Waals surface area contributed by atoms with Crippen LogP contribution >= 0.6 is 0 Å². The predicted octanol–water partition coefficient (Wildman–Crippen LogP) is 4.67. The maximum absolute atomic E-state index is 13.1. The molecule has 8 heteroatoms. The highest BCUT2D eigenvalue weighted by molar-refractivity contribution is 6.47. The van der Waals surface area contributed by atoms with E-state index in [9.17, 15) is 4.79 Å². The third kappa shape index (κ3) is 6.18. The molecule has 3 aromatic carbocycles. The number of carboxylic acids is 1. The van der Waals surface area contributed by atoms with Gasteiger partial charge in [-0.1, -0.05) is 60.7 Å². The van der Waals surface area contributed by atoms with Gasteiger partial charge in [0.25, 0.3) is 5.97 Å². The van der Waals surface area contributed by atoms with Crippen molar-refractivity contribution in [1.29, 1.82) is 0 Å². The zero-order valence-electron chi connectivity index (χ0n) is 19.7. The van der Waals surface area contributed by atoms with E-state index in [4.69, 9.17) is 15.6 Å². The number of nitrogens with two attached hydrogens (primary N) is 1. The van der Waals surface area contributed by atoms with Gasteiger partial charge in [0.1, 0.15) is 11.5 Å². The number of benzene rings is 3. The van der Waals surface area contributed by atoms with E-state index in [1.54, 1.807) is 12.3 Å². The molecular formula is C28H25N5O3. The topological polar surface area (TPSA) is 131 Å². The Morgan fingerprint density at radius 3 is 2.36 bits per heavy atom. The third-order valence-corrected chi connectivity index (χ3v) is 5.41. The smallest absolute Gasteiger partial charge is 0.300 e. The van der Waals surface area contributed by atoms with Gasteiger partial charge >= 0.3 is 0 Å². The fourth-order valence-corrected chi connectivity index (χ4v) is 3.81. The SMILES string of the molecule is CC(=O)O.Nc1nccc(Nc2ccc3c(c2)C(C(=O)Cc2ccc(-c4ccccc4)cc2)=NC3)n1. The Balaban J connectivity index is 0.000000709. The molecule has 0 saturated heterocycles. The molecule has 180 valence electrons. The maximum atomic E-state index is 13.1. The summed E-state index contributed by atoms with van der Waals surface area (Å²) in [6, 6.07) is 25.9. The lowest BCUT2D eigenvalue weighted by Gasteiger charge is -2.09. The highest BCUT2D eigenvalue weighted by Crippen LogP contribution is 2.26. The lowest BCUT2D eigenvalue weighted by atomic mass is 9.97. The number of Topliss-reactive ketones (excluding diaryl/α,β-unsaturated/α-hetero) is 1. The van der Waals surface area contributed by atoms with Gasteiger partial charge in [0.2, 0.25) is 5.95 Å². The maximum Gasteiger partial charge on any atom is 0.300 e. The van der Waals surface area contributed by atoms with E-state index in [0.717, 1.165) is 40.4 Å². The molecule has 0 radical (unpaired) electrons.